The van der Waals surface area contributed by atoms with Gasteiger partial charge in [-0.2, -0.15) is 0 Å². The van der Waals surface area contributed by atoms with Crippen LogP contribution in [-0.2, 0) is 18.6 Å². The molecule has 0 spiro atoms. The van der Waals surface area contributed by atoms with Gasteiger partial charge >= 0.3 is 13.8 Å². The van der Waals surface area contributed by atoms with Gasteiger partial charge in [-0.3, -0.25) is 4.52 Å². The monoisotopic (exact) mass is 256 g/mol. The fourth-order valence-corrected chi connectivity index (χ4v) is 1.33. The quantitative estimate of drug-likeness (QED) is 0.305. The molecule has 0 bridgehead atoms. The van der Waals surface area contributed by atoms with Crippen LogP contribution in [0, 0.1) is 0 Å². The van der Waals surface area contributed by atoms with Crippen LogP contribution in [0.1, 0.15) is 0 Å². The predicted molar refractivity (Wildman–Crippen MR) is 46.2 cm³/mol. The summed E-state index contributed by atoms with van der Waals surface area (Å²) in [4.78, 5) is 27.4. The SMILES string of the molecule is O=C1OC(C(O)COP(=O)(O)O)C(O)=C1O. The van der Waals surface area contributed by atoms with Crippen molar-refractivity contribution in [2.75, 3.05) is 6.61 Å². The summed E-state index contributed by atoms with van der Waals surface area (Å²) >= 11 is 0. The van der Waals surface area contributed by atoms with Crippen LogP contribution in [0.3, 0.4) is 0 Å². The Balaban J connectivity index is 2.61. The topological polar surface area (TPSA) is 154 Å². The summed E-state index contributed by atoms with van der Waals surface area (Å²) in [5.41, 5.74) is 0. The molecular weight excluding hydrogens is 247 g/mol. The molecule has 9 nitrogen and oxygen atoms in total. The van der Waals surface area contributed by atoms with E-state index in [1.165, 1.54) is 0 Å². The van der Waals surface area contributed by atoms with Crippen LogP contribution in [0.25, 0.3) is 0 Å². The number of aliphatic hydroxyl groups is 3. The number of hydrogen-bond acceptors (Lipinski definition) is 7. The minimum absolute atomic E-state index is 0.875. The Labute approximate surface area is 88.8 Å². The third-order valence-corrected chi connectivity index (χ3v) is 2.19. The van der Waals surface area contributed by atoms with Gasteiger partial charge in [0.2, 0.25) is 5.76 Å². The highest BCUT2D eigenvalue weighted by Crippen LogP contribution is 2.36. The minimum Gasteiger partial charge on any atom is -0.505 e. The first kappa shape index (κ1) is 12.9. The van der Waals surface area contributed by atoms with Crippen LogP contribution in [-0.4, -0.2) is 49.9 Å². The highest BCUT2D eigenvalue weighted by Gasteiger charge is 2.39. The molecule has 0 fully saturated rings. The molecule has 0 aromatic heterocycles. The molecule has 0 aromatic rings. The number of ether oxygens (including phenoxy) is 1. The maximum atomic E-state index is 10.7. The molecule has 0 aromatic carbocycles. The summed E-state index contributed by atoms with van der Waals surface area (Å²) in [6.45, 7) is -0.875. The Morgan fingerprint density at radius 1 is 1.44 bits per heavy atom. The van der Waals surface area contributed by atoms with E-state index >= 15 is 0 Å². The molecule has 0 saturated carbocycles. The van der Waals surface area contributed by atoms with E-state index in [2.05, 4.69) is 9.26 Å². The van der Waals surface area contributed by atoms with E-state index in [4.69, 9.17) is 20.0 Å². The third-order valence-electron chi connectivity index (χ3n) is 1.70. The second kappa shape index (κ2) is 4.40. The lowest BCUT2D eigenvalue weighted by Crippen LogP contribution is -2.32. The first-order valence-electron chi connectivity index (χ1n) is 3.93. The van der Waals surface area contributed by atoms with Gasteiger partial charge in [-0.1, -0.05) is 0 Å². The molecule has 2 atom stereocenters. The highest BCUT2D eigenvalue weighted by atomic mass is 31.2. The van der Waals surface area contributed by atoms with Gasteiger partial charge in [-0.05, 0) is 0 Å². The van der Waals surface area contributed by atoms with Crippen LogP contribution < -0.4 is 0 Å². The van der Waals surface area contributed by atoms with Crippen LogP contribution >= 0.6 is 7.82 Å². The van der Waals surface area contributed by atoms with E-state index in [0.717, 1.165) is 0 Å². The average molecular weight is 256 g/mol. The van der Waals surface area contributed by atoms with E-state index in [0.29, 0.717) is 0 Å². The highest BCUT2D eigenvalue weighted by molar-refractivity contribution is 7.46. The molecule has 0 aliphatic carbocycles. The van der Waals surface area contributed by atoms with Gasteiger partial charge in [0.15, 0.2) is 11.9 Å². The average Bonchev–Trinajstić information content (AvgIpc) is 2.41. The number of esters is 1. The number of aliphatic hydroxyl groups excluding tert-OH is 3. The van der Waals surface area contributed by atoms with Crippen molar-refractivity contribution in [1.82, 2.24) is 0 Å². The smallest absolute Gasteiger partial charge is 0.469 e. The Kier molecular flexibility index (Phi) is 3.56. The Hall–Kier alpha value is -1.12. The molecule has 16 heavy (non-hydrogen) atoms. The molecular formula is C6H9O9P. The van der Waals surface area contributed by atoms with E-state index in [-0.39, 0.29) is 0 Å². The number of hydrogen-bond donors (Lipinski definition) is 5. The van der Waals surface area contributed by atoms with Crippen LogP contribution in [0.5, 0.6) is 0 Å². The van der Waals surface area contributed by atoms with Gasteiger partial charge in [0.05, 0.1) is 6.61 Å². The molecule has 0 saturated heterocycles. The maximum absolute atomic E-state index is 10.7. The molecule has 92 valence electrons. The first-order valence-corrected chi connectivity index (χ1v) is 5.46. The van der Waals surface area contributed by atoms with Gasteiger partial charge in [0.25, 0.3) is 0 Å². The number of cyclic esters (lactones) is 1. The predicted octanol–water partition coefficient (Wildman–Crippen LogP) is -1.29. The van der Waals surface area contributed by atoms with Crippen molar-refractivity contribution in [3.63, 3.8) is 0 Å². The Morgan fingerprint density at radius 3 is 2.38 bits per heavy atom. The third kappa shape index (κ3) is 2.94. The maximum Gasteiger partial charge on any atom is 0.469 e. The lowest BCUT2D eigenvalue weighted by molar-refractivity contribution is -0.147. The zero-order valence-corrected chi connectivity index (χ0v) is 8.57. The molecule has 1 aliphatic rings. The zero-order valence-electron chi connectivity index (χ0n) is 7.68. The number of carbonyl (C=O) groups excluding carboxylic acids is 1. The van der Waals surface area contributed by atoms with Crippen molar-refractivity contribution >= 4 is 13.8 Å². The number of carbonyl (C=O) groups is 1. The van der Waals surface area contributed by atoms with E-state index in [1.54, 1.807) is 0 Å². The summed E-state index contributed by atoms with van der Waals surface area (Å²) in [5.74, 6) is -3.20. The van der Waals surface area contributed by atoms with Crippen molar-refractivity contribution < 1.29 is 43.7 Å². The molecule has 5 N–H and O–H groups in total. The summed E-state index contributed by atoms with van der Waals surface area (Å²) in [5, 5.41) is 27.2. The zero-order chi connectivity index (χ0) is 12.5. The second-order valence-corrected chi connectivity index (χ2v) is 4.15. The fraction of sp³-hybridized carbons (Fsp3) is 0.500. The van der Waals surface area contributed by atoms with Crippen molar-refractivity contribution in [1.29, 1.82) is 0 Å². The summed E-state index contributed by atoms with van der Waals surface area (Å²) < 4.78 is 18.5. The molecule has 1 rings (SSSR count). The summed E-state index contributed by atoms with van der Waals surface area (Å²) in [7, 11) is -4.77. The standard InChI is InChI=1S/C6H9O9P/c7-2(1-14-16(11,12)13)5-3(8)4(9)6(10)15-5/h2,5,7-9H,1H2,(H2,11,12,13). The largest absolute Gasteiger partial charge is 0.505 e. The van der Waals surface area contributed by atoms with Crippen LogP contribution in [0.15, 0.2) is 11.5 Å². The Morgan fingerprint density at radius 2 is 2.00 bits per heavy atom. The number of phosphoric ester groups is 1. The van der Waals surface area contributed by atoms with Crippen LogP contribution in [0.4, 0.5) is 0 Å². The van der Waals surface area contributed by atoms with Crippen molar-refractivity contribution in [3.05, 3.63) is 11.5 Å². The lowest BCUT2D eigenvalue weighted by Gasteiger charge is -2.17. The molecule has 10 heteroatoms. The van der Waals surface area contributed by atoms with Crippen molar-refractivity contribution in [2.45, 2.75) is 12.2 Å². The number of phosphoric acid groups is 1. The molecule has 0 amide bonds. The summed E-state index contributed by atoms with van der Waals surface area (Å²) in [6, 6.07) is 0. The normalized spacial score (nSPS) is 23.4. The second-order valence-electron chi connectivity index (χ2n) is 2.91. The first-order chi connectivity index (χ1) is 7.22. The van der Waals surface area contributed by atoms with Crippen molar-refractivity contribution in [2.24, 2.45) is 0 Å². The van der Waals surface area contributed by atoms with E-state index in [1.807, 2.05) is 0 Å². The Bertz CT molecular complexity index is 368. The van der Waals surface area contributed by atoms with Gasteiger partial charge in [0, 0.05) is 0 Å². The molecule has 1 heterocycles. The minimum atomic E-state index is -4.77. The lowest BCUT2D eigenvalue weighted by atomic mass is 10.2. The fourth-order valence-electron chi connectivity index (χ4n) is 0.988. The van der Waals surface area contributed by atoms with Crippen molar-refractivity contribution in [3.8, 4) is 0 Å². The van der Waals surface area contributed by atoms with Gasteiger partial charge in [-0.15, -0.1) is 0 Å². The molecule has 0 radical (unpaired) electrons. The van der Waals surface area contributed by atoms with E-state index in [9.17, 15) is 14.5 Å². The van der Waals surface area contributed by atoms with Gasteiger partial charge in [0.1, 0.15) is 6.10 Å². The van der Waals surface area contributed by atoms with Gasteiger partial charge < -0.3 is 29.8 Å². The number of rotatable bonds is 4. The molecule has 2 unspecified atom stereocenters. The molecule has 1 aliphatic heterocycles. The summed E-state index contributed by atoms with van der Waals surface area (Å²) in [6.07, 6.45) is -3.31. The van der Waals surface area contributed by atoms with Gasteiger partial charge in [-0.25, -0.2) is 9.36 Å². The van der Waals surface area contributed by atoms with Crippen LogP contribution in [0.2, 0.25) is 0 Å². The van der Waals surface area contributed by atoms with E-state index < -0.39 is 44.1 Å².